The molecule has 2 unspecified atom stereocenters. The van der Waals surface area contributed by atoms with Crippen LogP contribution in [0.4, 0.5) is 0 Å². The Hall–Kier alpha value is -2.74. The second kappa shape index (κ2) is 6.53. The molecule has 0 aliphatic carbocycles. The van der Waals surface area contributed by atoms with Crippen LogP contribution in [0.2, 0.25) is 0 Å². The minimum absolute atomic E-state index is 0.0893. The minimum atomic E-state index is -0.221. The van der Waals surface area contributed by atoms with Crippen LogP contribution in [0.1, 0.15) is 33.3 Å². The third-order valence-corrected chi connectivity index (χ3v) is 4.62. The molecule has 1 aliphatic heterocycles. The average Bonchev–Trinajstić information content (AvgIpc) is 3.29. The summed E-state index contributed by atoms with van der Waals surface area (Å²) < 4.78 is 12.5. The molecule has 2 atom stereocenters. The second-order valence-electron chi connectivity index (χ2n) is 6.85. The van der Waals surface area contributed by atoms with Crippen LogP contribution in [0.3, 0.4) is 0 Å². The van der Waals surface area contributed by atoms with Crippen LogP contribution in [0, 0.1) is 26.7 Å². The highest BCUT2D eigenvalue weighted by atomic mass is 16.5. The molecular formula is C18H21N5O3. The molecule has 0 spiro atoms. The van der Waals surface area contributed by atoms with Crippen LogP contribution in [0.5, 0.6) is 0 Å². The van der Waals surface area contributed by atoms with E-state index in [9.17, 15) is 4.79 Å². The zero-order chi connectivity index (χ0) is 18.3. The first-order chi connectivity index (χ1) is 12.5. The number of nitrogens with one attached hydrogen (secondary N) is 1. The van der Waals surface area contributed by atoms with Gasteiger partial charge in [-0.15, -0.1) is 0 Å². The molecule has 1 amide bonds. The molecule has 0 saturated carbocycles. The van der Waals surface area contributed by atoms with E-state index in [1.165, 1.54) is 0 Å². The number of carbonyl (C=O) groups is 1. The molecule has 0 bridgehead atoms. The van der Waals surface area contributed by atoms with Gasteiger partial charge >= 0.3 is 0 Å². The summed E-state index contributed by atoms with van der Waals surface area (Å²) in [6.07, 6.45) is 0.677. The van der Waals surface area contributed by atoms with Crippen molar-refractivity contribution in [3.8, 4) is 0 Å². The van der Waals surface area contributed by atoms with Gasteiger partial charge in [0.2, 0.25) is 0 Å². The molecule has 8 nitrogen and oxygen atoms in total. The van der Waals surface area contributed by atoms with Gasteiger partial charge in [0.1, 0.15) is 5.76 Å². The van der Waals surface area contributed by atoms with E-state index in [1.54, 1.807) is 10.6 Å². The van der Waals surface area contributed by atoms with Gasteiger partial charge in [-0.05, 0) is 26.8 Å². The third kappa shape index (κ3) is 3.20. The fourth-order valence-electron chi connectivity index (χ4n) is 3.37. The largest absolute Gasteiger partial charge is 0.379 e. The van der Waals surface area contributed by atoms with Gasteiger partial charge in [0, 0.05) is 35.9 Å². The normalized spacial score (nSPS) is 20.0. The summed E-state index contributed by atoms with van der Waals surface area (Å²) in [6.45, 7) is 6.81. The Balaban J connectivity index is 1.49. The number of amides is 1. The number of fused-ring (bicyclic) bond motifs is 1. The second-order valence-corrected chi connectivity index (χ2v) is 6.85. The van der Waals surface area contributed by atoms with Crippen molar-refractivity contribution in [3.05, 3.63) is 46.7 Å². The zero-order valence-electron chi connectivity index (χ0n) is 15.0. The first-order valence-corrected chi connectivity index (χ1v) is 8.64. The monoisotopic (exact) mass is 355 g/mol. The van der Waals surface area contributed by atoms with Crippen LogP contribution < -0.4 is 5.32 Å². The van der Waals surface area contributed by atoms with Gasteiger partial charge in [0.25, 0.3) is 5.91 Å². The van der Waals surface area contributed by atoms with E-state index in [1.807, 2.05) is 32.9 Å². The lowest BCUT2D eigenvalue weighted by Gasteiger charge is -2.17. The Morgan fingerprint density at radius 1 is 1.23 bits per heavy atom. The predicted octanol–water partition coefficient (Wildman–Crippen LogP) is 1.63. The van der Waals surface area contributed by atoms with Crippen molar-refractivity contribution in [2.45, 2.75) is 33.2 Å². The maximum absolute atomic E-state index is 12.7. The Bertz CT molecular complexity index is 961. The fourth-order valence-corrected chi connectivity index (χ4v) is 3.37. The maximum atomic E-state index is 12.7. The minimum Gasteiger partial charge on any atom is -0.379 e. The molecule has 1 aliphatic rings. The number of aryl methyl sites for hydroxylation is 3. The van der Waals surface area contributed by atoms with Gasteiger partial charge in [-0.25, -0.2) is 9.50 Å². The van der Waals surface area contributed by atoms with E-state index < -0.39 is 0 Å². The number of nitrogens with zero attached hydrogens (tertiary/aromatic N) is 4. The number of aromatic nitrogens is 4. The van der Waals surface area contributed by atoms with E-state index in [0.717, 1.165) is 22.8 Å². The number of ether oxygens (including phenoxy) is 1. The number of hydrogen-bond donors (Lipinski definition) is 1. The number of carbonyl (C=O) groups excluding carboxylic acids is 1. The average molecular weight is 355 g/mol. The highest BCUT2D eigenvalue weighted by Gasteiger charge is 2.31. The first kappa shape index (κ1) is 16.7. The van der Waals surface area contributed by atoms with Crippen LogP contribution in [-0.2, 0) is 11.2 Å². The summed E-state index contributed by atoms with van der Waals surface area (Å²) in [5.74, 6) is 0.729. The molecule has 1 fully saturated rings. The van der Waals surface area contributed by atoms with Crippen molar-refractivity contribution in [2.75, 3.05) is 13.2 Å². The van der Waals surface area contributed by atoms with Gasteiger partial charge in [-0.1, -0.05) is 5.16 Å². The Labute approximate surface area is 150 Å². The predicted molar refractivity (Wildman–Crippen MR) is 93.0 cm³/mol. The topological polar surface area (TPSA) is 94.5 Å². The third-order valence-electron chi connectivity index (χ3n) is 4.62. The Kier molecular flexibility index (Phi) is 4.20. The van der Waals surface area contributed by atoms with Gasteiger partial charge in [-0.3, -0.25) is 4.79 Å². The standard InChI is InChI=1S/C18H21N5O3/c1-10-4-12(3)23-17(19-10)7-15(21-23)18(24)20-16-9-25-8-13(16)6-14-5-11(2)22-26-14/h4-5,7,13,16H,6,8-9H2,1-3H3,(H,20,24). The van der Waals surface area contributed by atoms with E-state index >= 15 is 0 Å². The first-order valence-electron chi connectivity index (χ1n) is 8.64. The van der Waals surface area contributed by atoms with E-state index in [-0.39, 0.29) is 17.9 Å². The quantitative estimate of drug-likeness (QED) is 0.764. The summed E-state index contributed by atoms with van der Waals surface area (Å²) >= 11 is 0. The number of hydrogen-bond acceptors (Lipinski definition) is 6. The summed E-state index contributed by atoms with van der Waals surface area (Å²) in [7, 11) is 0. The van der Waals surface area contributed by atoms with E-state index in [4.69, 9.17) is 9.26 Å². The molecule has 8 heteroatoms. The molecule has 4 heterocycles. The van der Waals surface area contributed by atoms with Crippen molar-refractivity contribution in [3.63, 3.8) is 0 Å². The van der Waals surface area contributed by atoms with E-state index in [0.29, 0.717) is 31.0 Å². The summed E-state index contributed by atoms with van der Waals surface area (Å²) in [6, 6.07) is 5.46. The molecule has 1 N–H and O–H groups in total. The van der Waals surface area contributed by atoms with Crippen LogP contribution in [0.25, 0.3) is 5.65 Å². The molecule has 26 heavy (non-hydrogen) atoms. The molecular weight excluding hydrogens is 334 g/mol. The summed E-state index contributed by atoms with van der Waals surface area (Å²) in [5.41, 5.74) is 3.71. The zero-order valence-corrected chi connectivity index (χ0v) is 15.0. The summed E-state index contributed by atoms with van der Waals surface area (Å²) in [4.78, 5) is 17.1. The van der Waals surface area contributed by atoms with Crippen molar-refractivity contribution < 1.29 is 14.1 Å². The molecule has 3 aromatic heterocycles. The smallest absolute Gasteiger partial charge is 0.272 e. The van der Waals surface area contributed by atoms with Gasteiger partial charge < -0.3 is 14.6 Å². The Morgan fingerprint density at radius 3 is 2.85 bits per heavy atom. The highest BCUT2D eigenvalue weighted by molar-refractivity contribution is 5.93. The van der Waals surface area contributed by atoms with Crippen molar-refractivity contribution >= 4 is 11.6 Å². The molecule has 3 aromatic rings. The molecule has 0 radical (unpaired) electrons. The van der Waals surface area contributed by atoms with E-state index in [2.05, 4.69) is 20.6 Å². The number of rotatable bonds is 4. The van der Waals surface area contributed by atoms with Crippen molar-refractivity contribution in [1.82, 2.24) is 25.1 Å². The SMILES string of the molecule is Cc1cc(CC2COCC2NC(=O)c2cc3nc(C)cc(C)n3n2)on1. The van der Waals surface area contributed by atoms with Gasteiger partial charge in [0.15, 0.2) is 11.3 Å². The molecule has 1 saturated heterocycles. The maximum Gasteiger partial charge on any atom is 0.272 e. The lowest BCUT2D eigenvalue weighted by Crippen LogP contribution is -2.40. The molecule has 4 rings (SSSR count). The lowest BCUT2D eigenvalue weighted by molar-refractivity contribution is 0.0919. The summed E-state index contributed by atoms with van der Waals surface area (Å²) in [5, 5.41) is 11.3. The van der Waals surface area contributed by atoms with Crippen LogP contribution in [-0.4, -0.2) is 44.9 Å². The van der Waals surface area contributed by atoms with Crippen molar-refractivity contribution in [1.29, 1.82) is 0 Å². The fraction of sp³-hybridized carbons (Fsp3) is 0.444. The van der Waals surface area contributed by atoms with Crippen LogP contribution in [0.15, 0.2) is 22.7 Å². The Morgan fingerprint density at radius 2 is 2.08 bits per heavy atom. The van der Waals surface area contributed by atoms with Gasteiger partial charge in [-0.2, -0.15) is 5.10 Å². The van der Waals surface area contributed by atoms with Gasteiger partial charge in [0.05, 0.1) is 24.9 Å². The lowest BCUT2D eigenvalue weighted by atomic mass is 9.98. The van der Waals surface area contributed by atoms with Crippen LogP contribution >= 0.6 is 0 Å². The molecule has 136 valence electrons. The van der Waals surface area contributed by atoms with Crippen molar-refractivity contribution in [2.24, 2.45) is 5.92 Å². The highest BCUT2D eigenvalue weighted by Crippen LogP contribution is 2.20. The molecule has 0 aromatic carbocycles.